The van der Waals surface area contributed by atoms with Crippen LogP contribution in [0, 0.1) is 0 Å². The molecule has 3 N–H and O–H groups in total. The van der Waals surface area contributed by atoms with E-state index < -0.39 is 6.04 Å². The molecule has 0 spiro atoms. The van der Waals surface area contributed by atoms with E-state index in [9.17, 15) is 4.79 Å². The molecule has 1 unspecified atom stereocenters. The molecule has 0 saturated heterocycles. The summed E-state index contributed by atoms with van der Waals surface area (Å²) in [5.41, 5.74) is 7.84. The Morgan fingerprint density at radius 1 is 1.33 bits per heavy atom. The second-order valence-corrected chi connectivity index (χ2v) is 3.68. The van der Waals surface area contributed by atoms with E-state index in [4.69, 9.17) is 5.73 Å². The number of hydrogen-bond acceptors (Lipinski definition) is 2. The van der Waals surface area contributed by atoms with E-state index in [1.165, 1.54) is 5.56 Å². The molecule has 0 bridgehead atoms. The van der Waals surface area contributed by atoms with Gasteiger partial charge in [0.2, 0.25) is 5.91 Å². The van der Waals surface area contributed by atoms with Crippen LogP contribution in [0.25, 0.3) is 0 Å². The highest BCUT2D eigenvalue weighted by Crippen LogP contribution is 2.04. The van der Waals surface area contributed by atoms with Gasteiger partial charge in [0.15, 0.2) is 0 Å². The van der Waals surface area contributed by atoms with Gasteiger partial charge < -0.3 is 11.1 Å². The topological polar surface area (TPSA) is 55.1 Å². The summed E-state index contributed by atoms with van der Waals surface area (Å²) in [6, 6.07) is 7.77. The van der Waals surface area contributed by atoms with E-state index in [1.54, 1.807) is 6.92 Å². The Hall–Kier alpha value is -1.35. The van der Waals surface area contributed by atoms with Crippen LogP contribution in [0.4, 0.5) is 0 Å². The van der Waals surface area contributed by atoms with Crippen molar-refractivity contribution in [3.63, 3.8) is 0 Å². The van der Waals surface area contributed by atoms with Crippen LogP contribution in [-0.4, -0.2) is 11.9 Å². The van der Waals surface area contributed by atoms with Gasteiger partial charge in [-0.2, -0.15) is 0 Å². The minimum Gasteiger partial charge on any atom is -0.351 e. The molecule has 82 valence electrons. The summed E-state index contributed by atoms with van der Waals surface area (Å²) in [5, 5.41) is 2.77. The number of hydrogen-bond donors (Lipinski definition) is 2. The van der Waals surface area contributed by atoms with Gasteiger partial charge in [0.05, 0.1) is 6.04 Å². The van der Waals surface area contributed by atoms with Gasteiger partial charge in [-0.1, -0.05) is 31.2 Å². The van der Waals surface area contributed by atoms with E-state index in [2.05, 4.69) is 24.4 Å². The molecule has 1 aromatic rings. The van der Waals surface area contributed by atoms with Gasteiger partial charge in [-0.3, -0.25) is 4.79 Å². The highest BCUT2D eigenvalue weighted by atomic mass is 16.2. The fourth-order valence-corrected chi connectivity index (χ4v) is 1.24. The van der Waals surface area contributed by atoms with Crippen LogP contribution in [0.2, 0.25) is 0 Å². The summed E-state index contributed by atoms with van der Waals surface area (Å²) in [4.78, 5) is 11.2. The van der Waals surface area contributed by atoms with Gasteiger partial charge in [0.1, 0.15) is 0 Å². The summed E-state index contributed by atoms with van der Waals surface area (Å²) >= 11 is 0. The van der Waals surface area contributed by atoms with Gasteiger partial charge in [-0.05, 0) is 24.5 Å². The Labute approximate surface area is 90.7 Å². The quantitative estimate of drug-likeness (QED) is 0.778. The molecule has 3 nitrogen and oxygen atoms in total. The second-order valence-electron chi connectivity index (χ2n) is 3.68. The van der Waals surface area contributed by atoms with Crippen LogP contribution < -0.4 is 11.1 Å². The van der Waals surface area contributed by atoms with Crippen molar-refractivity contribution in [2.45, 2.75) is 32.9 Å². The summed E-state index contributed by atoms with van der Waals surface area (Å²) in [6.45, 7) is 4.34. The first-order valence-corrected chi connectivity index (χ1v) is 5.24. The lowest BCUT2D eigenvalue weighted by Crippen LogP contribution is -2.37. The SMILES string of the molecule is CCc1ccc(CNC(=O)C(C)N)cc1. The molecular formula is C12H18N2O. The molecule has 0 saturated carbocycles. The van der Waals surface area contributed by atoms with Gasteiger partial charge in [0, 0.05) is 6.54 Å². The lowest BCUT2D eigenvalue weighted by Gasteiger charge is -2.07. The molecular weight excluding hydrogens is 188 g/mol. The Morgan fingerprint density at radius 3 is 2.33 bits per heavy atom. The maximum absolute atomic E-state index is 11.2. The third-order valence-corrected chi connectivity index (χ3v) is 2.31. The number of benzene rings is 1. The predicted molar refractivity (Wildman–Crippen MR) is 61.3 cm³/mol. The minimum absolute atomic E-state index is 0.116. The minimum atomic E-state index is -0.445. The highest BCUT2D eigenvalue weighted by molar-refractivity contribution is 5.80. The van der Waals surface area contributed by atoms with Crippen LogP contribution >= 0.6 is 0 Å². The largest absolute Gasteiger partial charge is 0.351 e. The monoisotopic (exact) mass is 206 g/mol. The normalized spacial score (nSPS) is 12.2. The average Bonchev–Trinajstić information content (AvgIpc) is 2.26. The molecule has 1 atom stereocenters. The van der Waals surface area contributed by atoms with Crippen LogP contribution in [-0.2, 0) is 17.8 Å². The Balaban J connectivity index is 2.47. The molecule has 0 heterocycles. The lowest BCUT2D eigenvalue weighted by atomic mass is 10.1. The molecule has 3 heteroatoms. The van der Waals surface area contributed by atoms with Crippen LogP contribution in [0.5, 0.6) is 0 Å². The third-order valence-electron chi connectivity index (χ3n) is 2.31. The highest BCUT2D eigenvalue weighted by Gasteiger charge is 2.05. The molecule has 1 aromatic carbocycles. The van der Waals surface area contributed by atoms with Crippen molar-refractivity contribution < 1.29 is 4.79 Å². The Bertz CT molecular complexity index is 317. The number of nitrogens with one attached hydrogen (secondary N) is 1. The first-order valence-electron chi connectivity index (χ1n) is 5.24. The lowest BCUT2D eigenvalue weighted by molar-refractivity contribution is -0.122. The maximum atomic E-state index is 11.2. The predicted octanol–water partition coefficient (Wildman–Crippen LogP) is 1.21. The van der Waals surface area contributed by atoms with Crippen LogP contribution in [0.3, 0.4) is 0 Å². The smallest absolute Gasteiger partial charge is 0.236 e. The molecule has 0 aliphatic rings. The number of aryl methyl sites for hydroxylation is 1. The van der Waals surface area contributed by atoms with Crippen molar-refractivity contribution in [1.82, 2.24) is 5.32 Å². The van der Waals surface area contributed by atoms with E-state index in [0.717, 1.165) is 12.0 Å². The number of nitrogens with two attached hydrogens (primary N) is 1. The zero-order valence-corrected chi connectivity index (χ0v) is 9.29. The molecule has 15 heavy (non-hydrogen) atoms. The van der Waals surface area contributed by atoms with Crippen molar-refractivity contribution in [2.75, 3.05) is 0 Å². The number of carbonyl (C=O) groups excluding carboxylic acids is 1. The van der Waals surface area contributed by atoms with Crippen LogP contribution in [0.15, 0.2) is 24.3 Å². The zero-order chi connectivity index (χ0) is 11.3. The maximum Gasteiger partial charge on any atom is 0.236 e. The van der Waals surface area contributed by atoms with Crippen molar-refractivity contribution in [3.8, 4) is 0 Å². The molecule has 1 amide bonds. The fourth-order valence-electron chi connectivity index (χ4n) is 1.24. The number of rotatable bonds is 4. The molecule has 0 fully saturated rings. The summed E-state index contributed by atoms with van der Waals surface area (Å²) in [7, 11) is 0. The van der Waals surface area contributed by atoms with Crippen molar-refractivity contribution in [1.29, 1.82) is 0 Å². The van der Waals surface area contributed by atoms with Gasteiger partial charge >= 0.3 is 0 Å². The van der Waals surface area contributed by atoms with E-state index in [-0.39, 0.29) is 5.91 Å². The first-order chi connectivity index (χ1) is 7.13. The van der Waals surface area contributed by atoms with Crippen molar-refractivity contribution in [2.24, 2.45) is 5.73 Å². The second kappa shape index (κ2) is 5.51. The molecule has 0 aromatic heterocycles. The average molecular weight is 206 g/mol. The third kappa shape index (κ3) is 3.72. The van der Waals surface area contributed by atoms with Gasteiger partial charge in [-0.15, -0.1) is 0 Å². The van der Waals surface area contributed by atoms with Crippen molar-refractivity contribution >= 4 is 5.91 Å². The standard InChI is InChI=1S/C12H18N2O/c1-3-10-4-6-11(7-5-10)8-14-12(15)9(2)13/h4-7,9H,3,8,13H2,1-2H3,(H,14,15). The molecule has 0 aliphatic heterocycles. The first kappa shape index (κ1) is 11.7. The summed E-state index contributed by atoms with van der Waals surface area (Å²) in [6.07, 6.45) is 1.03. The zero-order valence-electron chi connectivity index (χ0n) is 9.29. The Morgan fingerprint density at radius 2 is 1.87 bits per heavy atom. The summed E-state index contributed by atoms with van der Waals surface area (Å²) < 4.78 is 0. The number of carbonyl (C=O) groups is 1. The van der Waals surface area contributed by atoms with Gasteiger partial charge in [-0.25, -0.2) is 0 Å². The molecule has 1 rings (SSSR count). The van der Waals surface area contributed by atoms with E-state index in [0.29, 0.717) is 6.54 Å². The summed E-state index contributed by atoms with van der Waals surface area (Å²) in [5.74, 6) is -0.116. The van der Waals surface area contributed by atoms with E-state index >= 15 is 0 Å². The Kier molecular flexibility index (Phi) is 4.31. The van der Waals surface area contributed by atoms with E-state index in [1.807, 2.05) is 12.1 Å². The molecule has 0 radical (unpaired) electrons. The fraction of sp³-hybridized carbons (Fsp3) is 0.417. The van der Waals surface area contributed by atoms with Crippen LogP contribution in [0.1, 0.15) is 25.0 Å². The molecule has 0 aliphatic carbocycles. The number of amides is 1. The van der Waals surface area contributed by atoms with Gasteiger partial charge in [0.25, 0.3) is 0 Å². The van der Waals surface area contributed by atoms with Crippen molar-refractivity contribution in [3.05, 3.63) is 35.4 Å².